The minimum atomic E-state index is -0.00721. The van der Waals surface area contributed by atoms with Crippen LogP contribution >= 0.6 is 0 Å². The zero-order valence-corrected chi connectivity index (χ0v) is 14.9. The number of aromatic nitrogens is 4. The monoisotopic (exact) mass is 357 g/mol. The molecule has 0 saturated heterocycles. The van der Waals surface area contributed by atoms with Crippen LogP contribution in [0.5, 0.6) is 0 Å². The molecule has 2 aromatic heterocycles. The fourth-order valence-electron chi connectivity index (χ4n) is 2.99. The highest BCUT2D eigenvalue weighted by atomic mass is 16.3. The SMILES string of the molecule is Cc1cc(CO)cc(Nc2nccc(-n3ccnc3-c3ccccc3)n2)c1. The molecule has 2 aromatic carbocycles. The van der Waals surface area contributed by atoms with Crippen LogP contribution in [0.4, 0.5) is 11.6 Å². The molecule has 134 valence electrons. The number of nitrogens with zero attached hydrogens (tertiary/aromatic N) is 4. The number of rotatable bonds is 5. The van der Waals surface area contributed by atoms with Crippen LogP contribution in [0.1, 0.15) is 11.1 Å². The molecule has 0 bridgehead atoms. The van der Waals surface area contributed by atoms with Crippen LogP contribution < -0.4 is 5.32 Å². The Hall–Kier alpha value is -3.51. The van der Waals surface area contributed by atoms with Gasteiger partial charge >= 0.3 is 0 Å². The molecule has 0 unspecified atom stereocenters. The van der Waals surface area contributed by atoms with Gasteiger partial charge in [-0.3, -0.25) is 4.57 Å². The fraction of sp³-hybridized carbons (Fsp3) is 0.0952. The Morgan fingerprint density at radius 3 is 2.67 bits per heavy atom. The van der Waals surface area contributed by atoms with Crippen molar-refractivity contribution < 1.29 is 5.11 Å². The molecule has 0 aliphatic carbocycles. The molecule has 0 spiro atoms. The minimum Gasteiger partial charge on any atom is -0.392 e. The summed E-state index contributed by atoms with van der Waals surface area (Å²) in [5.74, 6) is 2.02. The van der Waals surface area contributed by atoms with Gasteiger partial charge in [0.1, 0.15) is 11.6 Å². The third-order valence-electron chi connectivity index (χ3n) is 4.14. The van der Waals surface area contributed by atoms with Crippen LogP contribution in [0.15, 0.2) is 73.2 Å². The van der Waals surface area contributed by atoms with Gasteiger partial charge in [-0.25, -0.2) is 9.97 Å². The van der Waals surface area contributed by atoms with E-state index in [2.05, 4.69) is 20.3 Å². The summed E-state index contributed by atoms with van der Waals surface area (Å²) in [6.07, 6.45) is 5.35. The maximum Gasteiger partial charge on any atom is 0.229 e. The molecule has 6 nitrogen and oxygen atoms in total. The zero-order chi connectivity index (χ0) is 18.6. The normalized spacial score (nSPS) is 10.7. The molecule has 6 heteroatoms. The van der Waals surface area contributed by atoms with Gasteiger partial charge in [0.05, 0.1) is 6.61 Å². The van der Waals surface area contributed by atoms with Crippen molar-refractivity contribution in [2.45, 2.75) is 13.5 Å². The zero-order valence-electron chi connectivity index (χ0n) is 14.9. The Bertz CT molecular complexity index is 1060. The van der Waals surface area contributed by atoms with E-state index in [-0.39, 0.29) is 6.61 Å². The molecule has 27 heavy (non-hydrogen) atoms. The Balaban J connectivity index is 1.67. The Labute approximate surface area is 157 Å². The van der Waals surface area contributed by atoms with Crippen molar-refractivity contribution in [3.05, 3.63) is 84.3 Å². The molecule has 0 amide bonds. The number of hydrogen-bond acceptors (Lipinski definition) is 5. The van der Waals surface area contributed by atoms with Crippen LogP contribution in [-0.2, 0) is 6.61 Å². The maximum absolute atomic E-state index is 9.39. The molecule has 0 saturated carbocycles. The van der Waals surface area contributed by atoms with Crippen molar-refractivity contribution in [2.24, 2.45) is 0 Å². The fourth-order valence-corrected chi connectivity index (χ4v) is 2.99. The third-order valence-corrected chi connectivity index (χ3v) is 4.14. The summed E-state index contributed by atoms with van der Waals surface area (Å²) >= 11 is 0. The molecule has 0 aliphatic heterocycles. The molecule has 4 aromatic rings. The van der Waals surface area contributed by atoms with Crippen LogP contribution in [-0.4, -0.2) is 24.6 Å². The standard InChI is InChI=1S/C21H19N5O/c1-15-11-16(14-27)13-18(12-15)24-21-23-8-7-19(25-21)26-10-9-22-20(26)17-5-3-2-4-6-17/h2-13,27H,14H2,1H3,(H,23,24,25). The number of benzene rings is 2. The lowest BCUT2D eigenvalue weighted by Gasteiger charge is -2.11. The van der Waals surface area contributed by atoms with Gasteiger partial charge in [-0.15, -0.1) is 0 Å². The predicted molar refractivity (Wildman–Crippen MR) is 105 cm³/mol. The average Bonchev–Trinajstić information content (AvgIpc) is 3.18. The van der Waals surface area contributed by atoms with Crippen molar-refractivity contribution >= 4 is 11.6 Å². The third kappa shape index (κ3) is 3.70. The van der Waals surface area contributed by atoms with E-state index >= 15 is 0 Å². The quantitative estimate of drug-likeness (QED) is 0.567. The van der Waals surface area contributed by atoms with E-state index in [9.17, 15) is 5.11 Å². The second-order valence-corrected chi connectivity index (χ2v) is 6.22. The Morgan fingerprint density at radius 1 is 1.00 bits per heavy atom. The summed E-state index contributed by atoms with van der Waals surface area (Å²) < 4.78 is 1.93. The smallest absolute Gasteiger partial charge is 0.229 e. The Kier molecular flexibility index (Phi) is 4.63. The van der Waals surface area contributed by atoms with Crippen LogP contribution in [0, 0.1) is 6.92 Å². The first-order valence-electron chi connectivity index (χ1n) is 8.63. The first kappa shape index (κ1) is 16.9. The average molecular weight is 357 g/mol. The van der Waals surface area contributed by atoms with Gasteiger partial charge in [-0.05, 0) is 36.2 Å². The summed E-state index contributed by atoms with van der Waals surface area (Å²) in [5.41, 5.74) is 3.75. The van der Waals surface area contributed by atoms with E-state index in [0.29, 0.717) is 5.95 Å². The van der Waals surface area contributed by atoms with Crippen molar-refractivity contribution in [2.75, 3.05) is 5.32 Å². The number of imidazole rings is 1. The highest BCUT2D eigenvalue weighted by Crippen LogP contribution is 2.22. The van der Waals surface area contributed by atoms with Gasteiger partial charge in [0.25, 0.3) is 0 Å². The molecule has 2 heterocycles. The largest absolute Gasteiger partial charge is 0.392 e. The van der Waals surface area contributed by atoms with Crippen molar-refractivity contribution in [1.82, 2.24) is 19.5 Å². The van der Waals surface area contributed by atoms with Gasteiger partial charge in [0.15, 0.2) is 0 Å². The number of aliphatic hydroxyl groups is 1. The lowest BCUT2D eigenvalue weighted by Crippen LogP contribution is -2.04. The second-order valence-electron chi connectivity index (χ2n) is 6.22. The summed E-state index contributed by atoms with van der Waals surface area (Å²) in [5, 5.41) is 12.6. The van der Waals surface area contributed by atoms with Crippen LogP contribution in [0.2, 0.25) is 0 Å². The van der Waals surface area contributed by atoms with Crippen LogP contribution in [0.3, 0.4) is 0 Å². The van der Waals surface area contributed by atoms with Gasteiger partial charge < -0.3 is 10.4 Å². The first-order valence-corrected chi connectivity index (χ1v) is 8.63. The second kappa shape index (κ2) is 7.39. The van der Waals surface area contributed by atoms with Gasteiger partial charge in [-0.1, -0.05) is 36.4 Å². The molecule has 2 N–H and O–H groups in total. The van der Waals surface area contributed by atoms with E-state index in [0.717, 1.165) is 34.0 Å². The first-order chi connectivity index (χ1) is 13.2. The van der Waals surface area contributed by atoms with E-state index in [1.54, 1.807) is 12.4 Å². The summed E-state index contributed by atoms with van der Waals surface area (Å²) in [6, 6.07) is 17.6. The van der Waals surface area contributed by atoms with Crippen molar-refractivity contribution in [3.63, 3.8) is 0 Å². The molecular formula is C21H19N5O. The molecule has 0 radical (unpaired) electrons. The van der Waals surface area contributed by atoms with Crippen LogP contribution in [0.25, 0.3) is 17.2 Å². The molecule has 0 aliphatic rings. The molecular weight excluding hydrogens is 338 g/mol. The van der Waals surface area contributed by atoms with E-state index in [1.807, 2.05) is 72.3 Å². The van der Waals surface area contributed by atoms with Gasteiger partial charge in [0.2, 0.25) is 5.95 Å². The number of anilines is 2. The van der Waals surface area contributed by atoms with Gasteiger partial charge in [0, 0.05) is 29.8 Å². The minimum absolute atomic E-state index is 0.00721. The van der Waals surface area contributed by atoms with E-state index in [4.69, 9.17) is 0 Å². The summed E-state index contributed by atoms with van der Waals surface area (Å²) in [6.45, 7) is 1.98. The van der Waals surface area contributed by atoms with Crippen molar-refractivity contribution in [3.8, 4) is 17.2 Å². The van der Waals surface area contributed by atoms with Gasteiger partial charge in [-0.2, -0.15) is 4.98 Å². The highest BCUT2D eigenvalue weighted by molar-refractivity contribution is 5.59. The molecule has 0 fully saturated rings. The number of nitrogens with one attached hydrogen (secondary N) is 1. The lowest BCUT2D eigenvalue weighted by atomic mass is 10.1. The molecule has 4 rings (SSSR count). The maximum atomic E-state index is 9.39. The highest BCUT2D eigenvalue weighted by Gasteiger charge is 2.10. The number of aryl methyl sites for hydroxylation is 1. The lowest BCUT2D eigenvalue weighted by molar-refractivity contribution is 0.282. The van der Waals surface area contributed by atoms with E-state index < -0.39 is 0 Å². The summed E-state index contributed by atoms with van der Waals surface area (Å²) in [7, 11) is 0. The number of aliphatic hydroxyl groups excluding tert-OH is 1. The van der Waals surface area contributed by atoms with E-state index in [1.165, 1.54) is 0 Å². The number of hydrogen-bond donors (Lipinski definition) is 2. The molecule has 0 atom stereocenters. The summed E-state index contributed by atoms with van der Waals surface area (Å²) in [4.78, 5) is 13.4. The predicted octanol–water partition coefficient (Wildman–Crippen LogP) is 3.87. The Morgan fingerprint density at radius 2 is 1.85 bits per heavy atom. The topological polar surface area (TPSA) is 75.9 Å². The van der Waals surface area contributed by atoms with Crippen molar-refractivity contribution in [1.29, 1.82) is 0 Å².